The minimum absolute atomic E-state index is 0.0140. The number of carbonyl (C=O) groups excluding carboxylic acids is 2. The summed E-state index contributed by atoms with van der Waals surface area (Å²) in [6.45, 7) is 5.91. The highest BCUT2D eigenvalue weighted by molar-refractivity contribution is 5.99. The van der Waals surface area contributed by atoms with E-state index < -0.39 is 0 Å². The number of nitrogens with one attached hydrogen (secondary N) is 1. The maximum Gasteiger partial charge on any atom is 0.254 e. The lowest BCUT2D eigenvalue weighted by Gasteiger charge is -2.18. The van der Waals surface area contributed by atoms with Crippen molar-refractivity contribution in [2.75, 3.05) is 18.9 Å². The number of hydrogen-bond acceptors (Lipinski definition) is 2. The molecule has 0 spiro atoms. The molecule has 0 saturated carbocycles. The smallest absolute Gasteiger partial charge is 0.254 e. The van der Waals surface area contributed by atoms with Crippen LogP contribution in [0.15, 0.2) is 42.5 Å². The summed E-state index contributed by atoms with van der Waals surface area (Å²) >= 11 is 0. The number of amides is 2. The summed E-state index contributed by atoms with van der Waals surface area (Å²) in [7, 11) is 1.63. The molecule has 0 aliphatic heterocycles. The van der Waals surface area contributed by atoms with Crippen molar-refractivity contribution in [3.05, 3.63) is 64.7 Å². The van der Waals surface area contributed by atoms with Gasteiger partial charge in [0.1, 0.15) is 0 Å². The zero-order chi connectivity index (χ0) is 17.0. The highest BCUT2D eigenvalue weighted by atomic mass is 16.2. The molecule has 0 unspecified atom stereocenters. The van der Waals surface area contributed by atoms with Gasteiger partial charge in [-0.2, -0.15) is 0 Å². The number of carbonyl (C=O) groups is 2. The Balaban J connectivity index is 2.02. The second kappa shape index (κ2) is 7.09. The normalized spacial score (nSPS) is 10.3. The Labute approximate surface area is 137 Å². The van der Waals surface area contributed by atoms with Crippen molar-refractivity contribution in [1.82, 2.24) is 4.90 Å². The molecule has 0 aromatic heterocycles. The molecule has 0 aliphatic carbocycles. The van der Waals surface area contributed by atoms with Gasteiger partial charge in [0.25, 0.3) is 5.91 Å². The van der Waals surface area contributed by atoms with Gasteiger partial charge in [0.05, 0.1) is 6.54 Å². The molecule has 2 rings (SSSR count). The Kier molecular flexibility index (Phi) is 5.16. The molecule has 0 heterocycles. The number of nitrogens with zero attached hydrogens (tertiary/aromatic N) is 1. The molecular weight excluding hydrogens is 288 g/mol. The first kappa shape index (κ1) is 16.7. The number of rotatable bonds is 4. The summed E-state index contributed by atoms with van der Waals surface area (Å²) in [5.74, 6) is -0.369. The Morgan fingerprint density at radius 3 is 2.43 bits per heavy atom. The van der Waals surface area contributed by atoms with Gasteiger partial charge in [-0.3, -0.25) is 9.59 Å². The molecule has 2 aromatic rings. The highest BCUT2D eigenvalue weighted by Gasteiger charge is 2.15. The zero-order valence-corrected chi connectivity index (χ0v) is 14.0. The molecule has 1 N–H and O–H groups in total. The first-order chi connectivity index (χ1) is 10.9. The van der Waals surface area contributed by atoms with Crippen LogP contribution in [0.1, 0.15) is 27.0 Å². The van der Waals surface area contributed by atoms with Crippen LogP contribution >= 0.6 is 0 Å². The van der Waals surface area contributed by atoms with Gasteiger partial charge in [0.15, 0.2) is 0 Å². The Bertz CT molecular complexity index is 738. The van der Waals surface area contributed by atoms with Crippen LogP contribution in [0, 0.1) is 20.8 Å². The molecule has 0 saturated heterocycles. The maximum atomic E-state index is 12.4. The van der Waals surface area contributed by atoms with E-state index in [4.69, 9.17) is 0 Å². The summed E-state index contributed by atoms with van der Waals surface area (Å²) in [4.78, 5) is 26.0. The third-order valence-electron chi connectivity index (χ3n) is 3.87. The van der Waals surface area contributed by atoms with E-state index in [-0.39, 0.29) is 18.4 Å². The summed E-state index contributed by atoms with van der Waals surface area (Å²) in [5.41, 5.74) is 4.54. The molecule has 0 radical (unpaired) electrons. The van der Waals surface area contributed by atoms with Crippen molar-refractivity contribution < 1.29 is 9.59 Å². The van der Waals surface area contributed by atoms with Gasteiger partial charge in [0.2, 0.25) is 5.91 Å². The van der Waals surface area contributed by atoms with Crippen LogP contribution in [0.4, 0.5) is 5.69 Å². The third-order valence-corrected chi connectivity index (χ3v) is 3.87. The molecule has 4 heteroatoms. The lowest BCUT2D eigenvalue weighted by atomic mass is 10.1. The first-order valence-electron chi connectivity index (χ1n) is 7.56. The molecule has 120 valence electrons. The summed E-state index contributed by atoms with van der Waals surface area (Å²) in [6, 6.07) is 13.1. The van der Waals surface area contributed by atoms with Crippen molar-refractivity contribution in [2.45, 2.75) is 20.8 Å². The van der Waals surface area contributed by atoms with E-state index >= 15 is 0 Å². The quantitative estimate of drug-likeness (QED) is 0.941. The van der Waals surface area contributed by atoms with Crippen LogP contribution < -0.4 is 5.32 Å². The van der Waals surface area contributed by atoms with Gasteiger partial charge in [-0.25, -0.2) is 0 Å². The van der Waals surface area contributed by atoms with Crippen LogP contribution in [0.3, 0.4) is 0 Å². The van der Waals surface area contributed by atoms with E-state index in [2.05, 4.69) is 5.32 Å². The van der Waals surface area contributed by atoms with Crippen molar-refractivity contribution >= 4 is 17.5 Å². The van der Waals surface area contributed by atoms with E-state index in [0.717, 1.165) is 22.4 Å². The second-order valence-corrected chi connectivity index (χ2v) is 5.83. The number of benzene rings is 2. The molecule has 2 amide bonds. The molecule has 0 aliphatic rings. The van der Waals surface area contributed by atoms with Crippen molar-refractivity contribution in [2.24, 2.45) is 0 Å². The van der Waals surface area contributed by atoms with Crippen molar-refractivity contribution in [3.8, 4) is 0 Å². The zero-order valence-electron chi connectivity index (χ0n) is 14.0. The van der Waals surface area contributed by atoms with E-state index in [0.29, 0.717) is 5.56 Å². The standard InChI is InChI=1S/C19H22N2O2/c1-13-7-5-9-16(11-13)19(23)21(4)12-18(22)20-17-10-6-8-14(2)15(17)3/h5-11H,12H2,1-4H3,(H,20,22). The number of aryl methyl sites for hydroxylation is 2. The monoisotopic (exact) mass is 310 g/mol. The average molecular weight is 310 g/mol. The van der Waals surface area contributed by atoms with Gasteiger partial charge in [-0.15, -0.1) is 0 Å². The molecule has 23 heavy (non-hydrogen) atoms. The van der Waals surface area contributed by atoms with E-state index in [1.54, 1.807) is 13.1 Å². The molecular formula is C19H22N2O2. The predicted octanol–water partition coefficient (Wildman–Crippen LogP) is 3.32. The summed E-state index contributed by atoms with van der Waals surface area (Å²) < 4.78 is 0. The lowest BCUT2D eigenvalue weighted by molar-refractivity contribution is -0.116. The largest absolute Gasteiger partial charge is 0.332 e. The highest BCUT2D eigenvalue weighted by Crippen LogP contribution is 2.17. The van der Waals surface area contributed by atoms with Crippen LogP contribution in [-0.2, 0) is 4.79 Å². The SMILES string of the molecule is Cc1cccc(C(=O)N(C)CC(=O)Nc2cccc(C)c2C)c1. The molecule has 0 atom stereocenters. The van der Waals surface area contributed by atoms with Gasteiger partial charge in [-0.05, 0) is 50.1 Å². The summed E-state index contributed by atoms with van der Waals surface area (Å²) in [5, 5.41) is 2.87. The molecule has 0 bridgehead atoms. The van der Waals surface area contributed by atoms with Crippen LogP contribution in [0.5, 0.6) is 0 Å². The van der Waals surface area contributed by atoms with Crippen molar-refractivity contribution in [1.29, 1.82) is 0 Å². The van der Waals surface area contributed by atoms with Crippen molar-refractivity contribution in [3.63, 3.8) is 0 Å². The maximum absolute atomic E-state index is 12.4. The first-order valence-corrected chi connectivity index (χ1v) is 7.56. The molecule has 4 nitrogen and oxygen atoms in total. The number of anilines is 1. The van der Waals surface area contributed by atoms with Gasteiger partial charge in [0, 0.05) is 18.3 Å². The fraction of sp³-hybridized carbons (Fsp3) is 0.263. The van der Waals surface area contributed by atoms with Gasteiger partial charge in [-0.1, -0.05) is 29.8 Å². The summed E-state index contributed by atoms with van der Waals surface area (Å²) in [6.07, 6.45) is 0. The number of hydrogen-bond donors (Lipinski definition) is 1. The minimum Gasteiger partial charge on any atom is -0.332 e. The lowest BCUT2D eigenvalue weighted by Crippen LogP contribution is -2.35. The molecule has 2 aromatic carbocycles. The van der Waals surface area contributed by atoms with Crippen LogP contribution in [0.2, 0.25) is 0 Å². The Morgan fingerprint density at radius 1 is 1.04 bits per heavy atom. The predicted molar refractivity (Wildman–Crippen MR) is 92.7 cm³/mol. The fourth-order valence-electron chi connectivity index (χ4n) is 2.36. The average Bonchev–Trinajstić information content (AvgIpc) is 2.51. The number of likely N-dealkylation sites (N-methyl/N-ethyl adjacent to an activating group) is 1. The van der Waals surface area contributed by atoms with Gasteiger partial charge < -0.3 is 10.2 Å². The second-order valence-electron chi connectivity index (χ2n) is 5.83. The Morgan fingerprint density at radius 2 is 1.74 bits per heavy atom. The third kappa shape index (κ3) is 4.19. The van der Waals surface area contributed by atoms with E-state index in [1.807, 2.05) is 57.2 Å². The van der Waals surface area contributed by atoms with Crippen LogP contribution in [0.25, 0.3) is 0 Å². The van der Waals surface area contributed by atoms with Gasteiger partial charge >= 0.3 is 0 Å². The van der Waals surface area contributed by atoms with E-state index in [9.17, 15) is 9.59 Å². The Hall–Kier alpha value is -2.62. The fourth-order valence-corrected chi connectivity index (χ4v) is 2.36. The topological polar surface area (TPSA) is 49.4 Å². The van der Waals surface area contributed by atoms with E-state index in [1.165, 1.54) is 4.90 Å². The minimum atomic E-state index is -0.206. The van der Waals surface area contributed by atoms with Crippen LogP contribution in [-0.4, -0.2) is 30.3 Å². The molecule has 0 fully saturated rings.